The second-order valence-corrected chi connectivity index (χ2v) is 12.0. The molecule has 0 aliphatic carbocycles. The minimum absolute atomic E-state index is 0. The van der Waals surface area contributed by atoms with E-state index in [0.29, 0.717) is 10.8 Å². The first-order chi connectivity index (χ1) is 15.1. The third-order valence-corrected chi connectivity index (χ3v) is 6.81. The van der Waals surface area contributed by atoms with Crippen LogP contribution in [0.5, 0.6) is 0 Å². The van der Waals surface area contributed by atoms with E-state index in [0.717, 1.165) is 24.7 Å². The normalized spacial score (nSPS) is 12.4. The van der Waals surface area contributed by atoms with Crippen molar-refractivity contribution in [2.45, 2.75) is 93.4 Å². The number of halogens is 2. The summed E-state index contributed by atoms with van der Waals surface area (Å²) in [4.78, 5) is 0. The van der Waals surface area contributed by atoms with Crippen molar-refractivity contribution >= 4 is 3.71 Å². The Morgan fingerprint density at radius 3 is 1.68 bits per heavy atom. The molecule has 0 heterocycles. The maximum absolute atomic E-state index is 4.15. The van der Waals surface area contributed by atoms with Gasteiger partial charge in [0.25, 0.3) is 0 Å². The molecule has 194 valence electrons. The fraction of sp³-hybridized carbons (Fsp3) is 0.581. The first-order valence-electron chi connectivity index (χ1n) is 12.5. The van der Waals surface area contributed by atoms with Crippen molar-refractivity contribution in [2.75, 3.05) is 0 Å². The van der Waals surface area contributed by atoms with Gasteiger partial charge >= 0.3 is 70.3 Å². The molecule has 2 unspecified atom stereocenters. The van der Waals surface area contributed by atoms with Gasteiger partial charge in [-0.25, -0.2) is 12.1 Å². The van der Waals surface area contributed by atoms with E-state index in [1.807, 2.05) is 36.4 Å². The summed E-state index contributed by atoms with van der Waals surface area (Å²) in [5.41, 5.74) is 2.28. The van der Waals surface area contributed by atoms with Crippen molar-refractivity contribution < 1.29 is 49.0 Å². The van der Waals surface area contributed by atoms with E-state index in [1.165, 1.54) is 61.9 Å². The molecule has 2 aromatic carbocycles. The van der Waals surface area contributed by atoms with Gasteiger partial charge in [-0.2, -0.15) is 24.6 Å². The molecule has 0 aromatic heterocycles. The van der Waals surface area contributed by atoms with Crippen molar-refractivity contribution in [3.05, 3.63) is 73.2 Å². The van der Waals surface area contributed by atoms with Gasteiger partial charge in [-0.15, -0.1) is 0 Å². The van der Waals surface area contributed by atoms with Gasteiger partial charge in [0.1, 0.15) is 0 Å². The first-order valence-corrected chi connectivity index (χ1v) is 14.0. The zero-order valence-corrected chi connectivity index (χ0v) is 26.9. The molecular weight excluding hydrogens is 534 g/mol. The van der Waals surface area contributed by atoms with Crippen molar-refractivity contribution in [1.29, 1.82) is 0 Å². The Bertz CT molecular complexity index is 634. The minimum Gasteiger partial charge on any atom is -0.214 e. The first kappa shape index (κ1) is 38.4. The van der Waals surface area contributed by atoms with Crippen LogP contribution in [0.15, 0.2) is 60.7 Å². The van der Waals surface area contributed by atoms with E-state index < -0.39 is 0 Å². The van der Waals surface area contributed by atoms with Gasteiger partial charge < -0.3 is 31.7 Å². The maximum atomic E-state index is 4.15. The van der Waals surface area contributed by atoms with Crippen LogP contribution in [0.25, 0.3) is 0 Å². The molecule has 0 saturated carbocycles. The van der Waals surface area contributed by atoms with Crippen molar-refractivity contribution in [2.24, 2.45) is 22.7 Å². The molecule has 0 N–H and O–H groups in total. The predicted molar refractivity (Wildman–Crippen MR) is 143 cm³/mol. The molecule has 2 aromatic rings. The van der Waals surface area contributed by atoms with Crippen LogP contribution in [-0.4, -0.2) is 3.71 Å². The number of benzene rings is 1. The van der Waals surface area contributed by atoms with E-state index in [4.69, 9.17) is 0 Å². The van der Waals surface area contributed by atoms with Crippen LogP contribution in [0.1, 0.15) is 92.6 Å². The number of hydrogen-bond acceptors (Lipinski definition) is 0. The topological polar surface area (TPSA) is 0 Å². The Morgan fingerprint density at radius 2 is 1.32 bits per heavy atom. The summed E-state index contributed by atoms with van der Waals surface area (Å²) < 4.78 is 2.25. The maximum Gasteiger partial charge on any atom is -0.172 e. The summed E-state index contributed by atoms with van der Waals surface area (Å²) in [7, 11) is 0. The smallest absolute Gasteiger partial charge is 0.172 e. The fourth-order valence-electron chi connectivity index (χ4n) is 3.93. The monoisotopic (exact) mass is 582 g/mol. The van der Waals surface area contributed by atoms with E-state index in [-0.39, 0.29) is 24.8 Å². The Kier molecular flexibility index (Phi) is 25.0. The van der Waals surface area contributed by atoms with Crippen LogP contribution < -0.4 is 24.8 Å². The molecular formula is C31H50Cl2Zr-2. The second-order valence-electron chi connectivity index (χ2n) is 11.0. The summed E-state index contributed by atoms with van der Waals surface area (Å²) in [5.74, 6) is 1.64. The Morgan fingerprint density at radius 1 is 0.824 bits per heavy atom. The molecule has 2 rings (SSSR count). The van der Waals surface area contributed by atoms with Crippen molar-refractivity contribution in [3.63, 3.8) is 0 Å². The molecule has 0 amide bonds. The number of rotatable bonds is 9. The zero-order chi connectivity index (χ0) is 24.5. The van der Waals surface area contributed by atoms with E-state index in [2.05, 4.69) is 83.4 Å². The van der Waals surface area contributed by atoms with Gasteiger partial charge in [-0.05, 0) is 29.6 Å². The van der Waals surface area contributed by atoms with Crippen LogP contribution in [0, 0.1) is 29.6 Å². The molecule has 0 aliphatic heterocycles. The average Bonchev–Trinajstić information content (AvgIpc) is 3.30. The summed E-state index contributed by atoms with van der Waals surface area (Å²) in [6.45, 7) is 20.8. The van der Waals surface area contributed by atoms with Crippen molar-refractivity contribution in [1.82, 2.24) is 0 Å². The fourth-order valence-corrected chi connectivity index (χ4v) is 4.51. The molecule has 0 bridgehead atoms. The molecule has 2 atom stereocenters. The molecule has 0 saturated heterocycles. The van der Waals surface area contributed by atoms with Crippen molar-refractivity contribution in [3.8, 4) is 0 Å². The standard InChI is InChI=1S/C18H37.C8H8.C5H5.2ClH.Zr/c1-9-11-12-16(18(6,7)8)14-13-15(10-2)17(3,4)5;1-2-8-6-4-3-5-7-8;1-2-4-5-3-1;;;/h15-16H,2,9-14H2,1,3-8H3;1,3-7H,2H2;1-5H;2*1H;/q-1;;-1;;;+2/p-2. The Balaban J connectivity index is -0.000000494. The molecule has 3 heteroatoms. The average molecular weight is 585 g/mol. The van der Waals surface area contributed by atoms with Crippen LogP contribution in [0.3, 0.4) is 0 Å². The molecule has 0 radical (unpaired) electrons. The van der Waals surface area contributed by atoms with Gasteiger partial charge in [0.2, 0.25) is 0 Å². The third kappa shape index (κ3) is 20.1. The predicted octanol–water partition coefficient (Wildman–Crippen LogP) is 3.50. The van der Waals surface area contributed by atoms with Crippen LogP contribution in [-0.2, 0) is 30.7 Å². The molecule has 0 fully saturated rings. The summed E-state index contributed by atoms with van der Waals surface area (Å²) >= 11 is 1.51. The van der Waals surface area contributed by atoms with Gasteiger partial charge in [-0.1, -0.05) is 73.6 Å². The van der Waals surface area contributed by atoms with E-state index in [1.54, 1.807) is 0 Å². The van der Waals surface area contributed by atoms with Gasteiger partial charge in [0.05, 0.1) is 0 Å². The van der Waals surface area contributed by atoms with Gasteiger partial charge in [-0.3, -0.25) is 0 Å². The second kappa shape index (κ2) is 22.1. The van der Waals surface area contributed by atoms with Crippen LogP contribution in [0.4, 0.5) is 0 Å². The van der Waals surface area contributed by atoms with Gasteiger partial charge in [0.15, 0.2) is 0 Å². The third-order valence-electron chi connectivity index (χ3n) is 6.30. The summed E-state index contributed by atoms with van der Waals surface area (Å²) in [5, 5.41) is 0. The molecule has 0 nitrogen and oxygen atoms in total. The largest absolute Gasteiger partial charge is 0.214 e. The zero-order valence-electron chi connectivity index (χ0n) is 22.9. The van der Waals surface area contributed by atoms with E-state index >= 15 is 0 Å². The van der Waals surface area contributed by atoms with Gasteiger partial charge in [0, 0.05) is 0 Å². The SMILES string of the molecule is [CH2-]CC(CCC(CCCC)C(C)(C)C)C(C)(C)C.[Cl-].[Cl-].[Zr+2]=[CH]Cc1ccccc1.c1cc[cH-]c1. The van der Waals surface area contributed by atoms with Crippen LogP contribution >= 0.6 is 0 Å². The molecule has 0 spiro atoms. The Labute approximate surface area is 240 Å². The molecule has 34 heavy (non-hydrogen) atoms. The molecule has 0 aliphatic rings. The van der Waals surface area contributed by atoms with E-state index in [9.17, 15) is 0 Å². The van der Waals surface area contributed by atoms with Crippen LogP contribution in [0.2, 0.25) is 0 Å². The summed E-state index contributed by atoms with van der Waals surface area (Å²) in [6, 6.07) is 20.5. The number of hydrogen-bond donors (Lipinski definition) is 0. The summed E-state index contributed by atoms with van der Waals surface area (Å²) in [6.07, 6.45) is 9.03. The minimum atomic E-state index is 0. The quantitative estimate of drug-likeness (QED) is 0.396. The number of unbranched alkanes of at least 4 members (excludes halogenated alkanes) is 1. The Hall–Kier alpha value is -0.0969.